The van der Waals surface area contributed by atoms with Crippen molar-refractivity contribution in [2.45, 2.75) is 110 Å². The zero-order valence-corrected chi connectivity index (χ0v) is 22.8. The Balaban J connectivity index is 1.53. The molecule has 0 amide bonds. The van der Waals surface area contributed by atoms with E-state index in [0.29, 0.717) is 29.1 Å². The summed E-state index contributed by atoms with van der Waals surface area (Å²) in [4.78, 5) is 13.5. The second kappa shape index (κ2) is 8.41. The number of aliphatic hydroxyl groups is 2. The van der Waals surface area contributed by atoms with Crippen molar-refractivity contribution in [2.75, 3.05) is 20.3 Å². The van der Waals surface area contributed by atoms with Gasteiger partial charge in [-0.2, -0.15) is 0 Å². The topological polar surface area (TPSA) is 85.2 Å². The van der Waals surface area contributed by atoms with Crippen LogP contribution in [0.1, 0.15) is 92.4 Å². The summed E-state index contributed by atoms with van der Waals surface area (Å²) in [6.45, 7) is 11.9. The van der Waals surface area contributed by atoms with E-state index in [0.717, 1.165) is 25.2 Å². The molecule has 1 spiro atoms. The van der Waals surface area contributed by atoms with Crippen molar-refractivity contribution in [3.8, 4) is 0 Å². The van der Waals surface area contributed by atoms with Crippen molar-refractivity contribution in [1.82, 2.24) is 0 Å². The van der Waals surface area contributed by atoms with Gasteiger partial charge in [-0.15, -0.1) is 0 Å². The van der Waals surface area contributed by atoms with E-state index in [-0.39, 0.29) is 30.0 Å². The molecular weight excluding hydrogens is 444 g/mol. The Labute approximate surface area is 211 Å². The Bertz CT molecular complexity index is 829. The molecule has 200 valence electrons. The fraction of sp³-hybridized carbons (Fsp3) is 0.966. The van der Waals surface area contributed by atoms with E-state index >= 15 is 0 Å². The number of carbonyl (C=O) groups excluding carboxylic acids is 1. The molecule has 5 aliphatic rings. The van der Waals surface area contributed by atoms with Gasteiger partial charge in [0.25, 0.3) is 0 Å². The average molecular weight is 493 g/mol. The first-order chi connectivity index (χ1) is 16.4. The Kier molecular flexibility index (Phi) is 6.23. The van der Waals surface area contributed by atoms with E-state index in [4.69, 9.17) is 14.2 Å². The van der Waals surface area contributed by atoms with Gasteiger partial charge in [0.15, 0.2) is 5.79 Å². The van der Waals surface area contributed by atoms with Crippen LogP contribution in [0, 0.1) is 45.3 Å². The monoisotopic (exact) mass is 492 g/mol. The van der Waals surface area contributed by atoms with E-state index < -0.39 is 23.9 Å². The molecule has 0 unspecified atom stereocenters. The van der Waals surface area contributed by atoms with Gasteiger partial charge in [-0.1, -0.05) is 41.0 Å². The van der Waals surface area contributed by atoms with E-state index in [9.17, 15) is 15.0 Å². The molecule has 0 aromatic heterocycles. The largest absolute Gasteiger partial charge is 0.469 e. The first-order valence-electron chi connectivity index (χ1n) is 14.1. The lowest BCUT2D eigenvalue weighted by atomic mass is 9.34. The highest BCUT2D eigenvalue weighted by Crippen LogP contribution is 2.74. The third-order valence-electron chi connectivity index (χ3n) is 12.2. The summed E-state index contributed by atoms with van der Waals surface area (Å²) < 4.78 is 18.1. The molecule has 35 heavy (non-hydrogen) atoms. The van der Waals surface area contributed by atoms with Crippen LogP contribution in [0.2, 0.25) is 0 Å². The van der Waals surface area contributed by atoms with Gasteiger partial charge >= 0.3 is 5.97 Å². The minimum atomic E-state index is -1.14. The van der Waals surface area contributed by atoms with Crippen LogP contribution in [0.4, 0.5) is 0 Å². The third-order valence-corrected chi connectivity index (χ3v) is 12.2. The maximum Gasteiger partial charge on any atom is 0.314 e. The number of fused-ring (bicyclic) bond motifs is 5. The molecule has 1 heterocycles. The van der Waals surface area contributed by atoms with Crippen molar-refractivity contribution < 1.29 is 29.2 Å². The molecule has 0 aromatic rings. The summed E-state index contributed by atoms with van der Waals surface area (Å²) in [5, 5.41) is 19.8. The van der Waals surface area contributed by atoms with Crippen molar-refractivity contribution in [1.29, 1.82) is 0 Å². The molecule has 2 N–H and O–H groups in total. The Hall–Kier alpha value is -0.690. The summed E-state index contributed by atoms with van der Waals surface area (Å²) in [6.07, 6.45) is 8.77. The van der Waals surface area contributed by atoms with E-state index in [2.05, 4.69) is 34.6 Å². The SMILES string of the molecule is COC(=O)[C@H]1C2(CC[C@H]3[C@]4(C)CC[C@H]5C(C)(C)CCC[C@]5(C)[C@H]4CC[C@@]31C)O[C@@H](CO)[C@H](CO)O2. The number of rotatable bonds is 3. The number of hydrogen-bond acceptors (Lipinski definition) is 6. The predicted molar refractivity (Wildman–Crippen MR) is 132 cm³/mol. The van der Waals surface area contributed by atoms with Gasteiger partial charge in [0.05, 0.1) is 20.3 Å². The van der Waals surface area contributed by atoms with Crippen LogP contribution >= 0.6 is 0 Å². The molecule has 6 heteroatoms. The maximum absolute atomic E-state index is 13.5. The lowest BCUT2D eigenvalue weighted by molar-refractivity contribution is -0.298. The van der Waals surface area contributed by atoms with E-state index in [1.54, 1.807) is 0 Å². The van der Waals surface area contributed by atoms with Gasteiger partial charge in [-0.25, -0.2) is 0 Å². The van der Waals surface area contributed by atoms with Gasteiger partial charge in [0, 0.05) is 6.42 Å². The van der Waals surface area contributed by atoms with Crippen molar-refractivity contribution in [2.24, 2.45) is 45.3 Å². The quantitative estimate of drug-likeness (QED) is 0.556. The number of esters is 1. The normalized spacial score (nSPS) is 50.2. The fourth-order valence-electron chi connectivity index (χ4n) is 11.0. The van der Waals surface area contributed by atoms with Gasteiger partial charge < -0.3 is 24.4 Å². The summed E-state index contributed by atoms with van der Waals surface area (Å²) >= 11 is 0. The van der Waals surface area contributed by atoms with Gasteiger partial charge in [-0.3, -0.25) is 4.79 Å². The second-order valence-electron chi connectivity index (χ2n) is 14.1. The van der Waals surface area contributed by atoms with Crippen LogP contribution in [0.25, 0.3) is 0 Å². The highest BCUT2D eigenvalue weighted by molar-refractivity contribution is 5.75. The molecule has 0 aromatic carbocycles. The first-order valence-corrected chi connectivity index (χ1v) is 14.1. The first kappa shape index (κ1) is 25.9. The zero-order chi connectivity index (χ0) is 25.4. The highest BCUT2D eigenvalue weighted by atomic mass is 16.8. The Morgan fingerprint density at radius 3 is 1.89 bits per heavy atom. The smallest absolute Gasteiger partial charge is 0.314 e. The molecule has 4 aliphatic carbocycles. The van der Waals surface area contributed by atoms with Crippen molar-refractivity contribution in [3.05, 3.63) is 0 Å². The number of hydrogen-bond donors (Lipinski definition) is 2. The van der Waals surface area contributed by atoms with Crippen molar-refractivity contribution >= 4 is 5.97 Å². The lowest BCUT2D eigenvalue weighted by Gasteiger charge is -2.70. The van der Waals surface area contributed by atoms with Gasteiger partial charge in [0.1, 0.15) is 18.1 Å². The Morgan fingerprint density at radius 1 is 0.771 bits per heavy atom. The van der Waals surface area contributed by atoms with Crippen molar-refractivity contribution in [3.63, 3.8) is 0 Å². The number of aliphatic hydroxyl groups excluding tert-OH is 2. The minimum absolute atomic E-state index is 0.158. The molecule has 5 fully saturated rings. The maximum atomic E-state index is 13.5. The molecule has 0 bridgehead atoms. The van der Waals surface area contributed by atoms with Gasteiger partial charge in [-0.05, 0) is 84.4 Å². The van der Waals surface area contributed by atoms with Crippen LogP contribution in [-0.2, 0) is 19.0 Å². The van der Waals surface area contributed by atoms with Crippen LogP contribution in [0.3, 0.4) is 0 Å². The molecule has 1 aliphatic heterocycles. The molecule has 5 rings (SSSR count). The van der Waals surface area contributed by atoms with Crippen LogP contribution in [0.15, 0.2) is 0 Å². The lowest BCUT2D eigenvalue weighted by Crippen LogP contribution is -2.67. The summed E-state index contributed by atoms with van der Waals surface area (Å²) in [5.74, 6) is -0.215. The van der Waals surface area contributed by atoms with Crippen LogP contribution in [-0.4, -0.2) is 54.5 Å². The standard InChI is InChI=1S/C29H48O6/c1-25(2)11-7-12-26(3)20(25)8-13-27(4)21(26)9-14-28(5)22(27)10-15-29(23(28)24(32)33-6)34-18(16-30)19(17-31)35-29/h18-23,30-31H,7-17H2,1-6H3/t18-,19-,20-,21+,22-,23+,26-,27+,28-/m0/s1. The predicted octanol–water partition coefficient (Wildman–Crippen LogP) is 4.70. The summed E-state index contributed by atoms with van der Waals surface area (Å²) in [7, 11) is 1.45. The second-order valence-corrected chi connectivity index (χ2v) is 14.1. The summed E-state index contributed by atoms with van der Waals surface area (Å²) in [6, 6.07) is 0. The molecule has 9 atom stereocenters. The molecule has 4 saturated carbocycles. The summed E-state index contributed by atoms with van der Waals surface area (Å²) in [5.41, 5.74) is 0.569. The number of methoxy groups -OCH3 is 1. The average Bonchev–Trinajstić information content (AvgIpc) is 3.15. The van der Waals surface area contributed by atoms with Crippen LogP contribution < -0.4 is 0 Å². The fourth-order valence-corrected chi connectivity index (χ4v) is 11.0. The number of carbonyl (C=O) groups is 1. The Morgan fingerprint density at radius 2 is 1.29 bits per heavy atom. The molecule has 0 radical (unpaired) electrons. The third kappa shape index (κ3) is 3.45. The highest BCUT2D eigenvalue weighted by Gasteiger charge is 2.72. The zero-order valence-electron chi connectivity index (χ0n) is 22.8. The molecule has 6 nitrogen and oxygen atoms in total. The molecule has 1 saturated heterocycles. The number of ether oxygens (including phenoxy) is 3. The van der Waals surface area contributed by atoms with Crippen LogP contribution in [0.5, 0.6) is 0 Å². The van der Waals surface area contributed by atoms with Gasteiger partial charge in [0.2, 0.25) is 0 Å². The van der Waals surface area contributed by atoms with E-state index in [1.807, 2.05) is 0 Å². The van der Waals surface area contributed by atoms with E-state index in [1.165, 1.54) is 39.2 Å². The molecular formula is C29H48O6. The minimum Gasteiger partial charge on any atom is -0.469 e.